The molecule has 10 heavy (non-hydrogen) atoms. The van der Waals surface area contributed by atoms with Crippen molar-refractivity contribution in [2.45, 2.75) is 19.4 Å². The van der Waals surface area contributed by atoms with Crippen molar-refractivity contribution >= 4 is 0 Å². The lowest BCUT2D eigenvalue weighted by Crippen LogP contribution is -2.43. The summed E-state index contributed by atoms with van der Waals surface area (Å²) in [5.74, 6) is 0. The van der Waals surface area contributed by atoms with Crippen LogP contribution in [0.25, 0.3) is 0 Å². The molecule has 2 heteroatoms. The van der Waals surface area contributed by atoms with E-state index in [1.807, 2.05) is 0 Å². The molecule has 0 spiro atoms. The quantitative estimate of drug-likeness (QED) is 0.555. The van der Waals surface area contributed by atoms with Gasteiger partial charge in [0, 0.05) is 25.7 Å². The fourth-order valence-corrected chi connectivity index (χ4v) is 1.11. The Morgan fingerprint density at radius 2 is 2.60 bits per heavy atom. The second-order valence-electron chi connectivity index (χ2n) is 2.57. The third-order valence-electron chi connectivity index (χ3n) is 1.70. The zero-order valence-corrected chi connectivity index (χ0v) is 6.51. The number of hydrogen-bond donors (Lipinski definition) is 1. The molecule has 1 unspecified atom stereocenters. The lowest BCUT2D eigenvalue weighted by Gasteiger charge is -2.21. The SMILES string of the molecule is C/C=C/CC1CNCC[N]1. The van der Waals surface area contributed by atoms with Crippen LogP contribution in [0.2, 0.25) is 0 Å². The highest BCUT2D eigenvalue weighted by Gasteiger charge is 2.10. The van der Waals surface area contributed by atoms with Crippen LogP contribution in [0.5, 0.6) is 0 Å². The molecule has 0 aromatic carbocycles. The molecule has 1 fully saturated rings. The first-order chi connectivity index (χ1) is 4.93. The van der Waals surface area contributed by atoms with Crippen LogP contribution < -0.4 is 10.6 Å². The van der Waals surface area contributed by atoms with Gasteiger partial charge in [-0.1, -0.05) is 12.2 Å². The Kier molecular flexibility index (Phi) is 3.47. The van der Waals surface area contributed by atoms with E-state index in [1.54, 1.807) is 0 Å². The maximum atomic E-state index is 4.45. The van der Waals surface area contributed by atoms with Crippen LogP contribution >= 0.6 is 0 Å². The molecule has 1 atom stereocenters. The number of nitrogens with zero attached hydrogens (tertiary/aromatic N) is 1. The summed E-state index contributed by atoms with van der Waals surface area (Å²) in [6.07, 6.45) is 5.37. The van der Waals surface area contributed by atoms with Crippen molar-refractivity contribution in [2.75, 3.05) is 19.6 Å². The second-order valence-corrected chi connectivity index (χ2v) is 2.57. The lowest BCUT2D eigenvalue weighted by molar-refractivity contribution is 0.413. The highest BCUT2D eigenvalue weighted by molar-refractivity contribution is 4.86. The van der Waals surface area contributed by atoms with E-state index in [0.29, 0.717) is 6.04 Å². The van der Waals surface area contributed by atoms with Gasteiger partial charge >= 0.3 is 0 Å². The van der Waals surface area contributed by atoms with Gasteiger partial charge in [0.05, 0.1) is 0 Å². The van der Waals surface area contributed by atoms with Gasteiger partial charge in [0.2, 0.25) is 0 Å². The summed E-state index contributed by atoms with van der Waals surface area (Å²) in [5, 5.41) is 7.77. The van der Waals surface area contributed by atoms with Gasteiger partial charge in [0.25, 0.3) is 0 Å². The molecule has 0 aromatic rings. The Balaban J connectivity index is 2.13. The van der Waals surface area contributed by atoms with Gasteiger partial charge in [0.15, 0.2) is 0 Å². The fraction of sp³-hybridized carbons (Fsp3) is 0.750. The van der Waals surface area contributed by atoms with Crippen molar-refractivity contribution in [3.63, 3.8) is 0 Å². The maximum Gasteiger partial charge on any atom is 0.0405 e. The molecule has 1 N–H and O–H groups in total. The van der Waals surface area contributed by atoms with Crippen LogP contribution in [0.3, 0.4) is 0 Å². The van der Waals surface area contributed by atoms with Crippen LogP contribution in [0.15, 0.2) is 12.2 Å². The van der Waals surface area contributed by atoms with Gasteiger partial charge in [-0.3, -0.25) is 0 Å². The first-order valence-corrected chi connectivity index (χ1v) is 3.92. The molecule has 0 aliphatic carbocycles. The van der Waals surface area contributed by atoms with Crippen molar-refractivity contribution in [1.82, 2.24) is 10.6 Å². The molecule has 57 valence electrons. The molecule has 0 saturated carbocycles. The van der Waals surface area contributed by atoms with Crippen LogP contribution in [0.1, 0.15) is 13.3 Å². The zero-order valence-electron chi connectivity index (χ0n) is 6.51. The molecular weight excluding hydrogens is 124 g/mol. The van der Waals surface area contributed by atoms with Crippen molar-refractivity contribution < 1.29 is 0 Å². The zero-order chi connectivity index (χ0) is 7.23. The van der Waals surface area contributed by atoms with E-state index in [0.717, 1.165) is 26.1 Å². The predicted molar refractivity (Wildman–Crippen MR) is 43.1 cm³/mol. The van der Waals surface area contributed by atoms with E-state index in [1.165, 1.54) is 0 Å². The number of rotatable bonds is 2. The van der Waals surface area contributed by atoms with Gasteiger partial charge in [-0.25, -0.2) is 5.32 Å². The summed E-state index contributed by atoms with van der Waals surface area (Å²) >= 11 is 0. The van der Waals surface area contributed by atoms with E-state index in [-0.39, 0.29) is 0 Å². The molecule has 1 aliphatic rings. The van der Waals surface area contributed by atoms with Crippen molar-refractivity contribution in [1.29, 1.82) is 0 Å². The highest BCUT2D eigenvalue weighted by Crippen LogP contribution is 1.96. The van der Waals surface area contributed by atoms with E-state index < -0.39 is 0 Å². The summed E-state index contributed by atoms with van der Waals surface area (Å²) in [7, 11) is 0. The molecule has 0 amide bonds. The molecule has 0 bridgehead atoms. The fourth-order valence-electron chi connectivity index (χ4n) is 1.11. The molecular formula is C8H15N2. The normalized spacial score (nSPS) is 27.5. The summed E-state index contributed by atoms with van der Waals surface area (Å²) in [5.41, 5.74) is 0. The van der Waals surface area contributed by atoms with Gasteiger partial charge in [0.1, 0.15) is 0 Å². The number of allylic oxidation sites excluding steroid dienone is 1. The Bertz CT molecular complexity index is 104. The van der Waals surface area contributed by atoms with Crippen LogP contribution in [-0.4, -0.2) is 25.7 Å². The molecule has 2 nitrogen and oxygen atoms in total. The molecule has 1 saturated heterocycles. The summed E-state index contributed by atoms with van der Waals surface area (Å²) in [6.45, 7) is 5.16. The van der Waals surface area contributed by atoms with E-state index in [9.17, 15) is 0 Å². The van der Waals surface area contributed by atoms with Gasteiger partial charge in [-0.05, 0) is 13.3 Å². The number of hydrogen-bond acceptors (Lipinski definition) is 1. The van der Waals surface area contributed by atoms with Gasteiger partial charge < -0.3 is 5.32 Å². The monoisotopic (exact) mass is 139 g/mol. The third-order valence-corrected chi connectivity index (χ3v) is 1.70. The van der Waals surface area contributed by atoms with Crippen LogP contribution in [0, 0.1) is 0 Å². The second kappa shape index (κ2) is 4.47. The smallest absolute Gasteiger partial charge is 0.0405 e. The lowest BCUT2D eigenvalue weighted by atomic mass is 10.1. The number of nitrogens with one attached hydrogen (secondary N) is 1. The van der Waals surface area contributed by atoms with E-state index in [4.69, 9.17) is 0 Å². The predicted octanol–water partition coefficient (Wildman–Crippen LogP) is 0.529. The van der Waals surface area contributed by atoms with Gasteiger partial charge in [-0.15, -0.1) is 0 Å². The third kappa shape index (κ3) is 2.50. The topological polar surface area (TPSA) is 26.1 Å². The van der Waals surface area contributed by atoms with Crippen LogP contribution in [0.4, 0.5) is 0 Å². The molecule has 1 heterocycles. The summed E-state index contributed by atoms with van der Waals surface area (Å²) < 4.78 is 0. The van der Waals surface area contributed by atoms with Crippen LogP contribution in [-0.2, 0) is 0 Å². The minimum absolute atomic E-state index is 0.532. The summed E-state index contributed by atoms with van der Waals surface area (Å²) in [6, 6.07) is 0.532. The largest absolute Gasteiger partial charge is 0.314 e. The summed E-state index contributed by atoms with van der Waals surface area (Å²) in [4.78, 5) is 0. The Hall–Kier alpha value is -0.340. The van der Waals surface area contributed by atoms with Gasteiger partial charge in [-0.2, -0.15) is 0 Å². The Morgan fingerprint density at radius 1 is 1.70 bits per heavy atom. The molecule has 1 rings (SSSR count). The highest BCUT2D eigenvalue weighted by atomic mass is 15.0. The Morgan fingerprint density at radius 3 is 3.20 bits per heavy atom. The first kappa shape index (κ1) is 7.76. The van der Waals surface area contributed by atoms with Crippen molar-refractivity contribution in [3.05, 3.63) is 12.2 Å². The minimum Gasteiger partial charge on any atom is -0.314 e. The van der Waals surface area contributed by atoms with Crippen molar-refractivity contribution in [2.24, 2.45) is 0 Å². The van der Waals surface area contributed by atoms with Crippen molar-refractivity contribution in [3.8, 4) is 0 Å². The van der Waals surface area contributed by atoms with E-state index >= 15 is 0 Å². The first-order valence-electron chi connectivity index (χ1n) is 3.92. The maximum absolute atomic E-state index is 4.45. The average molecular weight is 139 g/mol. The molecule has 1 aliphatic heterocycles. The van der Waals surface area contributed by atoms with E-state index in [2.05, 4.69) is 29.7 Å². The Labute approximate surface area is 62.7 Å². The molecule has 0 aromatic heterocycles. The molecule has 1 radical (unpaired) electrons. The standard InChI is InChI=1S/C8H15N2/c1-2-3-4-8-7-9-5-6-10-8/h2-3,8-9H,4-7H2,1H3/b3-2+. The average Bonchev–Trinajstić information content (AvgIpc) is 2.03. The minimum atomic E-state index is 0.532. The number of piperazine rings is 1.